The smallest absolute Gasteiger partial charge is 0.358 e. The van der Waals surface area contributed by atoms with E-state index in [4.69, 9.17) is 9.26 Å². The van der Waals surface area contributed by atoms with Crippen LogP contribution in [0.2, 0.25) is 0 Å². The maximum atomic E-state index is 11.6. The molecular weight excluding hydrogens is 440 g/mol. The Labute approximate surface area is 203 Å². The van der Waals surface area contributed by atoms with Crippen LogP contribution in [0.5, 0.6) is 0 Å². The molecule has 0 N–H and O–H groups in total. The van der Waals surface area contributed by atoms with Crippen molar-refractivity contribution in [3.63, 3.8) is 0 Å². The number of hydrogen-bond acceptors (Lipinski definition) is 6. The summed E-state index contributed by atoms with van der Waals surface area (Å²) >= 11 is 0. The lowest BCUT2D eigenvalue weighted by molar-refractivity contribution is 0.0593. The summed E-state index contributed by atoms with van der Waals surface area (Å²) in [6.07, 6.45) is 2.65. The minimum atomic E-state index is -0.451. The first-order chi connectivity index (χ1) is 17.1. The summed E-state index contributed by atoms with van der Waals surface area (Å²) in [5, 5.41) is 8.43. The van der Waals surface area contributed by atoms with Crippen molar-refractivity contribution in [3.05, 3.63) is 102 Å². The highest BCUT2D eigenvalue weighted by molar-refractivity contribution is 5.86. The summed E-state index contributed by atoms with van der Waals surface area (Å²) < 4.78 is 12.0. The molecule has 2 heterocycles. The molecule has 2 aromatic heterocycles. The minimum Gasteiger partial charge on any atom is -0.464 e. The molecule has 0 spiro atoms. The average molecular weight is 465 g/mol. The fraction of sp³-hybridized carbons (Fsp3) is 0.143. The molecule has 35 heavy (non-hydrogen) atoms. The molecule has 0 amide bonds. The van der Waals surface area contributed by atoms with E-state index < -0.39 is 5.97 Å². The number of hydrogen-bond donors (Lipinski definition) is 0. The molecule has 0 bridgehead atoms. The van der Waals surface area contributed by atoms with Crippen molar-refractivity contribution >= 4 is 5.97 Å². The first-order valence-electron chi connectivity index (χ1n) is 11.4. The molecule has 0 unspecified atom stereocenters. The summed E-state index contributed by atoms with van der Waals surface area (Å²) in [4.78, 5) is 16.2. The zero-order valence-electron chi connectivity index (χ0n) is 19.5. The Kier molecular flexibility index (Phi) is 6.22. The Morgan fingerprint density at radius 2 is 1.71 bits per heavy atom. The highest BCUT2D eigenvalue weighted by atomic mass is 16.5. The molecule has 3 aromatic carbocycles. The quantitative estimate of drug-likeness (QED) is 0.289. The van der Waals surface area contributed by atoms with Crippen LogP contribution in [-0.4, -0.2) is 33.0 Å². The van der Waals surface area contributed by atoms with Crippen LogP contribution in [0.15, 0.2) is 89.6 Å². The zero-order chi connectivity index (χ0) is 24.2. The molecule has 5 rings (SSSR count). The van der Waals surface area contributed by atoms with Crippen molar-refractivity contribution in [2.45, 2.75) is 19.9 Å². The third-order valence-electron chi connectivity index (χ3n) is 5.84. The number of esters is 1. The zero-order valence-corrected chi connectivity index (χ0v) is 19.5. The number of ether oxygens (including phenoxy) is 1. The summed E-state index contributed by atoms with van der Waals surface area (Å²) in [5.74, 6) is 0.571. The normalized spacial score (nSPS) is 10.9. The predicted molar refractivity (Wildman–Crippen MR) is 133 cm³/mol. The van der Waals surface area contributed by atoms with Crippen LogP contribution in [0.25, 0.3) is 34.0 Å². The lowest BCUT2D eigenvalue weighted by atomic mass is 9.96. The molecule has 0 fully saturated rings. The molecular formula is C28H24N4O3. The van der Waals surface area contributed by atoms with Crippen LogP contribution in [0.1, 0.15) is 28.5 Å². The van der Waals surface area contributed by atoms with Crippen LogP contribution in [-0.2, 0) is 17.7 Å². The van der Waals surface area contributed by atoms with Gasteiger partial charge in [-0.1, -0.05) is 72.7 Å². The first-order valence-corrected chi connectivity index (χ1v) is 11.4. The third-order valence-corrected chi connectivity index (χ3v) is 5.84. The summed E-state index contributed by atoms with van der Waals surface area (Å²) in [6, 6.07) is 26.1. The van der Waals surface area contributed by atoms with Crippen LogP contribution in [0.4, 0.5) is 0 Å². The van der Waals surface area contributed by atoms with Crippen molar-refractivity contribution in [1.29, 1.82) is 0 Å². The largest absolute Gasteiger partial charge is 0.464 e. The van der Waals surface area contributed by atoms with E-state index in [9.17, 15) is 4.79 Å². The SMILES string of the molecule is CCc1cc(-c2nc(-c3ccc(Cn4ccc(C(=O)OC)n4)cc3)no2)ccc1-c1ccccc1. The molecule has 7 heteroatoms. The lowest BCUT2D eigenvalue weighted by Crippen LogP contribution is -2.05. The van der Waals surface area contributed by atoms with Crippen molar-refractivity contribution in [2.24, 2.45) is 0 Å². The number of rotatable bonds is 7. The van der Waals surface area contributed by atoms with Gasteiger partial charge in [-0.15, -0.1) is 0 Å². The van der Waals surface area contributed by atoms with Gasteiger partial charge in [-0.2, -0.15) is 10.1 Å². The van der Waals surface area contributed by atoms with E-state index in [0.29, 0.717) is 18.3 Å². The van der Waals surface area contributed by atoms with Gasteiger partial charge in [0.2, 0.25) is 5.82 Å². The molecule has 0 radical (unpaired) electrons. The maximum Gasteiger partial charge on any atom is 0.358 e. The number of carbonyl (C=O) groups excluding carboxylic acids is 1. The molecule has 0 saturated heterocycles. The second-order valence-electron chi connectivity index (χ2n) is 8.10. The van der Waals surface area contributed by atoms with E-state index in [1.807, 2.05) is 48.5 Å². The van der Waals surface area contributed by atoms with Crippen molar-refractivity contribution in [1.82, 2.24) is 19.9 Å². The molecule has 0 aliphatic rings. The average Bonchev–Trinajstić information content (AvgIpc) is 3.59. The highest BCUT2D eigenvalue weighted by Gasteiger charge is 2.14. The Morgan fingerprint density at radius 3 is 2.46 bits per heavy atom. The van der Waals surface area contributed by atoms with Gasteiger partial charge in [-0.05, 0) is 46.9 Å². The Balaban J connectivity index is 1.33. The monoisotopic (exact) mass is 464 g/mol. The van der Waals surface area contributed by atoms with Crippen LogP contribution >= 0.6 is 0 Å². The molecule has 0 atom stereocenters. The summed E-state index contributed by atoms with van der Waals surface area (Å²) in [7, 11) is 1.34. The second kappa shape index (κ2) is 9.77. The standard InChI is InChI=1S/C28H24N4O3/c1-3-20-17-23(13-14-24(20)21-7-5-4-6-8-21)27-29-26(31-35-27)22-11-9-19(10-12-22)18-32-16-15-25(30-32)28(33)34-2/h4-17H,3,18H2,1-2H3. The van der Waals surface area contributed by atoms with Gasteiger partial charge in [0.25, 0.3) is 5.89 Å². The van der Waals surface area contributed by atoms with Crippen LogP contribution < -0.4 is 0 Å². The van der Waals surface area contributed by atoms with Crippen LogP contribution in [0.3, 0.4) is 0 Å². The number of carbonyl (C=O) groups is 1. The van der Waals surface area contributed by atoms with Gasteiger partial charge >= 0.3 is 5.97 Å². The molecule has 0 saturated carbocycles. The summed E-state index contributed by atoms with van der Waals surface area (Å²) in [6.45, 7) is 2.67. The maximum absolute atomic E-state index is 11.6. The van der Waals surface area contributed by atoms with Crippen molar-refractivity contribution in [2.75, 3.05) is 7.11 Å². The van der Waals surface area contributed by atoms with Gasteiger partial charge in [0.05, 0.1) is 13.7 Å². The predicted octanol–water partition coefficient (Wildman–Crippen LogP) is 5.66. The fourth-order valence-corrected chi connectivity index (χ4v) is 3.99. The van der Waals surface area contributed by atoms with Gasteiger partial charge in [0.15, 0.2) is 5.69 Å². The van der Waals surface area contributed by atoms with Gasteiger partial charge in [0.1, 0.15) is 0 Å². The number of nitrogens with zero attached hydrogens (tertiary/aromatic N) is 4. The van der Waals surface area contributed by atoms with Gasteiger partial charge in [-0.3, -0.25) is 4.68 Å². The third kappa shape index (κ3) is 4.75. The van der Waals surface area contributed by atoms with E-state index in [0.717, 1.165) is 23.1 Å². The van der Waals surface area contributed by atoms with Crippen molar-refractivity contribution < 1.29 is 14.1 Å². The minimum absolute atomic E-state index is 0.284. The fourth-order valence-electron chi connectivity index (χ4n) is 3.99. The Bertz CT molecular complexity index is 1450. The first kappa shape index (κ1) is 22.3. The van der Waals surface area contributed by atoms with E-state index in [-0.39, 0.29) is 5.69 Å². The molecule has 7 nitrogen and oxygen atoms in total. The molecule has 174 valence electrons. The van der Waals surface area contributed by atoms with Gasteiger partial charge in [-0.25, -0.2) is 4.79 Å². The molecule has 0 aliphatic carbocycles. The Morgan fingerprint density at radius 1 is 0.943 bits per heavy atom. The number of methoxy groups -OCH3 is 1. The number of aromatic nitrogens is 4. The molecule has 5 aromatic rings. The van der Waals surface area contributed by atoms with E-state index in [2.05, 4.69) is 46.4 Å². The van der Waals surface area contributed by atoms with E-state index >= 15 is 0 Å². The lowest BCUT2D eigenvalue weighted by Gasteiger charge is -2.09. The summed E-state index contributed by atoms with van der Waals surface area (Å²) in [5.41, 5.74) is 6.70. The van der Waals surface area contributed by atoms with Gasteiger partial charge < -0.3 is 9.26 Å². The van der Waals surface area contributed by atoms with E-state index in [1.165, 1.54) is 23.8 Å². The molecule has 0 aliphatic heterocycles. The Hall–Kier alpha value is -4.52. The number of benzene rings is 3. The van der Waals surface area contributed by atoms with E-state index in [1.54, 1.807) is 16.9 Å². The van der Waals surface area contributed by atoms with Crippen molar-refractivity contribution in [3.8, 4) is 34.0 Å². The van der Waals surface area contributed by atoms with Gasteiger partial charge in [0, 0.05) is 17.3 Å². The number of aryl methyl sites for hydroxylation is 1. The van der Waals surface area contributed by atoms with Crippen LogP contribution in [0, 0.1) is 0 Å². The topological polar surface area (TPSA) is 83.0 Å². The second-order valence-corrected chi connectivity index (χ2v) is 8.10. The highest BCUT2D eigenvalue weighted by Crippen LogP contribution is 2.30.